The van der Waals surface area contributed by atoms with E-state index >= 15 is 0 Å². The molecule has 0 aromatic carbocycles. The highest BCUT2D eigenvalue weighted by Gasteiger charge is 2.09. The first kappa shape index (κ1) is 7.38. The molecule has 0 N–H and O–H groups in total. The van der Waals surface area contributed by atoms with Gasteiger partial charge in [0.25, 0.3) is 0 Å². The maximum atomic E-state index is 5.29. The minimum Gasteiger partial charge on any atom is -0.478 e. The largest absolute Gasteiger partial charge is 0.478 e. The van der Waals surface area contributed by atoms with E-state index in [1.54, 1.807) is 0 Å². The quantitative estimate of drug-likeness (QED) is 0.555. The molecule has 0 radical (unpaired) electrons. The van der Waals surface area contributed by atoms with Crippen molar-refractivity contribution in [2.24, 2.45) is 11.1 Å². The van der Waals surface area contributed by atoms with Gasteiger partial charge in [-0.05, 0) is 0 Å². The zero-order valence-electron chi connectivity index (χ0n) is 6.46. The summed E-state index contributed by atoms with van der Waals surface area (Å²) in [5.41, 5.74) is 0. The summed E-state index contributed by atoms with van der Waals surface area (Å²) in [6, 6.07) is 0. The minimum absolute atomic E-state index is 0.332. The van der Waals surface area contributed by atoms with Gasteiger partial charge < -0.3 is 9.57 Å². The molecule has 0 saturated carbocycles. The van der Waals surface area contributed by atoms with Crippen LogP contribution in [0.4, 0.5) is 0 Å². The van der Waals surface area contributed by atoms with E-state index in [0.717, 1.165) is 18.9 Å². The maximum Gasteiger partial charge on any atom is 0.228 e. The van der Waals surface area contributed by atoms with Crippen LogP contribution in [-0.4, -0.2) is 19.1 Å². The highest BCUT2D eigenvalue weighted by molar-refractivity contribution is 5.77. The predicted molar refractivity (Wildman–Crippen MR) is 38.8 cm³/mol. The lowest BCUT2D eigenvalue weighted by molar-refractivity contribution is 0.146. The van der Waals surface area contributed by atoms with Crippen molar-refractivity contribution in [2.75, 3.05) is 13.2 Å². The monoisotopic (exact) mass is 143 g/mol. The molecule has 1 aliphatic rings. The molecule has 1 rings (SSSR count). The van der Waals surface area contributed by atoms with Gasteiger partial charge in [0.1, 0.15) is 6.61 Å². The van der Waals surface area contributed by atoms with Gasteiger partial charge in [0.2, 0.25) is 5.90 Å². The molecule has 0 aromatic rings. The van der Waals surface area contributed by atoms with Crippen molar-refractivity contribution in [3.8, 4) is 0 Å². The van der Waals surface area contributed by atoms with Crippen molar-refractivity contribution in [3.05, 3.63) is 0 Å². The zero-order chi connectivity index (χ0) is 7.40. The molecule has 0 amide bonds. The second kappa shape index (κ2) is 3.44. The first-order valence-corrected chi connectivity index (χ1v) is 3.63. The molecule has 0 atom stereocenters. The Labute approximate surface area is 61.0 Å². The highest BCUT2D eigenvalue weighted by Crippen LogP contribution is 2.04. The van der Waals surface area contributed by atoms with E-state index in [2.05, 4.69) is 5.16 Å². The van der Waals surface area contributed by atoms with Crippen LogP contribution in [0.3, 0.4) is 0 Å². The standard InChI is InChI=1S/C7H13NO2/c1-6(2)7-8-10-5-3-4-9-7/h6H,3-5H2,1-2H3. The van der Waals surface area contributed by atoms with Crippen molar-refractivity contribution in [1.29, 1.82) is 0 Å². The summed E-state index contributed by atoms with van der Waals surface area (Å²) in [7, 11) is 0. The van der Waals surface area contributed by atoms with Crippen LogP contribution in [-0.2, 0) is 9.57 Å². The summed E-state index contributed by atoms with van der Waals surface area (Å²) in [4.78, 5) is 4.93. The van der Waals surface area contributed by atoms with Crippen molar-refractivity contribution in [2.45, 2.75) is 20.3 Å². The van der Waals surface area contributed by atoms with Crippen LogP contribution in [0.1, 0.15) is 20.3 Å². The maximum absolute atomic E-state index is 5.29. The molecule has 1 aliphatic heterocycles. The molecular weight excluding hydrogens is 130 g/mol. The Morgan fingerprint density at radius 1 is 1.40 bits per heavy atom. The second-order valence-electron chi connectivity index (χ2n) is 2.62. The number of hydrogen-bond acceptors (Lipinski definition) is 3. The number of oxime groups is 1. The van der Waals surface area contributed by atoms with Crippen LogP contribution in [0.25, 0.3) is 0 Å². The van der Waals surface area contributed by atoms with Crippen molar-refractivity contribution in [3.63, 3.8) is 0 Å². The fourth-order valence-electron chi connectivity index (χ4n) is 0.708. The average molecular weight is 143 g/mol. The normalized spacial score (nSPS) is 18.9. The van der Waals surface area contributed by atoms with E-state index in [1.165, 1.54) is 0 Å². The van der Waals surface area contributed by atoms with Gasteiger partial charge in [-0.25, -0.2) is 0 Å². The van der Waals surface area contributed by atoms with Gasteiger partial charge in [-0.3, -0.25) is 0 Å². The van der Waals surface area contributed by atoms with Crippen LogP contribution < -0.4 is 0 Å². The van der Waals surface area contributed by atoms with Gasteiger partial charge in [0.15, 0.2) is 0 Å². The average Bonchev–Trinajstić information content (AvgIpc) is 2.12. The predicted octanol–water partition coefficient (Wildman–Crippen LogP) is 1.39. The van der Waals surface area contributed by atoms with Crippen LogP contribution in [0.15, 0.2) is 5.16 Å². The van der Waals surface area contributed by atoms with E-state index in [-0.39, 0.29) is 0 Å². The highest BCUT2D eigenvalue weighted by atomic mass is 16.7. The third-order valence-corrected chi connectivity index (χ3v) is 1.28. The smallest absolute Gasteiger partial charge is 0.228 e. The summed E-state index contributed by atoms with van der Waals surface area (Å²) in [6.07, 6.45) is 0.930. The lowest BCUT2D eigenvalue weighted by atomic mass is 10.2. The summed E-state index contributed by atoms with van der Waals surface area (Å²) in [5.74, 6) is 1.05. The summed E-state index contributed by atoms with van der Waals surface area (Å²) in [5, 5.41) is 3.82. The van der Waals surface area contributed by atoms with Gasteiger partial charge >= 0.3 is 0 Å². The van der Waals surface area contributed by atoms with Gasteiger partial charge in [0.05, 0.1) is 6.61 Å². The third kappa shape index (κ3) is 1.90. The van der Waals surface area contributed by atoms with Gasteiger partial charge in [-0.1, -0.05) is 19.0 Å². The van der Waals surface area contributed by atoms with E-state index < -0.39 is 0 Å². The summed E-state index contributed by atoms with van der Waals surface area (Å²) < 4.78 is 5.29. The number of hydrogen-bond donors (Lipinski definition) is 0. The number of nitrogens with zero attached hydrogens (tertiary/aromatic N) is 1. The molecule has 0 spiro atoms. The van der Waals surface area contributed by atoms with Crippen molar-refractivity contribution < 1.29 is 9.57 Å². The Kier molecular flexibility index (Phi) is 2.54. The van der Waals surface area contributed by atoms with Crippen LogP contribution >= 0.6 is 0 Å². The molecule has 0 bridgehead atoms. The SMILES string of the molecule is CC(C)C1=NOCCCO1. The molecule has 1 heterocycles. The molecular formula is C7H13NO2. The Balaban J connectivity index is 2.46. The Bertz CT molecular complexity index is 132. The Morgan fingerprint density at radius 3 is 2.90 bits per heavy atom. The van der Waals surface area contributed by atoms with Crippen molar-refractivity contribution >= 4 is 5.90 Å². The fraction of sp³-hybridized carbons (Fsp3) is 0.857. The molecule has 0 unspecified atom stereocenters. The van der Waals surface area contributed by atoms with E-state index in [4.69, 9.17) is 9.57 Å². The molecule has 58 valence electrons. The molecule has 0 saturated heterocycles. The Hall–Kier alpha value is -0.730. The first-order valence-electron chi connectivity index (χ1n) is 3.63. The van der Waals surface area contributed by atoms with Crippen LogP contribution in [0.5, 0.6) is 0 Å². The Morgan fingerprint density at radius 2 is 2.20 bits per heavy atom. The fourth-order valence-corrected chi connectivity index (χ4v) is 0.708. The molecule has 0 aromatic heterocycles. The number of ether oxygens (including phenoxy) is 1. The summed E-state index contributed by atoms with van der Waals surface area (Å²) >= 11 is 0. The van der Waals surface area contributed by atoms with E-state index in [0.29, 0.717) is 12.5 Å². The first-order chi connectivity index (χ1) is 4.80. The lowest BCUT2D eigenvalue weighted by Gasteiger charge is -2.06. The van der Waals surface area contributed by atoms with E-state index in [9.17, 15) is 0 Å². The van der Waals surface area contributed by atoms with Gasteiger partial charge in [0, 0.05) is 12.3 Å². The van der Waals surface area contributed by atoms with Gasteiger partial charge in [-0.15, -0.1) is 0 Å². The second-order valence-corrected chi connectivity index (χ2v) is 2.62. The third-order valence-electron chi connectivity index (χ3n) is 1.28. The molecule has 3 heteroatoms. The molecule has 10 heavy (non-hydrogen) atoms. The van der Waals surface area contributed by atoms with Gasteiger partial charge in [-0.2, -0.15) is 0 Å². The van der Waals surface area contributed by atoms with Crippen molar-refractivity contribution in [1.82, 2.24) is 0 Å². The van der Waals surface area contributed by atoms with Crippen LogP contribution in [0.2, 0.25) is 0 Å². The van der Waals surface area contributed by atoms with E-state index in [1.807, 2.05) is 13.8 Å². The molecule has 0 fully saturated rings. The molecule has 3 nitrogen and oxygen atoms in total. The molecule has 0 aliphatic carbocycles. The summed E-state index contributed by atoms with van der Waals surface area (Å²) in [6.45, 7) is 5.48. The zero-order valence-corrected chi connectivity index (χ0v) is 6.46. The minimum atomic E-state index is 0.332. The van der Waals surface area contributed by atoms with Crippen LogP contribution in [0, 0.1) is 5.92 Å². The topological polar surface area (TPSA) is 30.8 Å². The lowest BCUT2D eigenvalue weighted by Crippen LogP contribution is -2.11. The number of rotatable bonds is 1.